The third-order valence-electron chi connectivity index (χ3n) is 3.61. The van der Waals surface area contributed by atoms with Crippen LogP contribution < -0.4 is 5.73 Å². The molecule has 1 nitrogen and oxygen atoms in total. The zero-order valence-corrected chi connectivity index (χ0v) is 10.2. The first kappa shape index (κ1) is 12.3. The molecule has 0 spiro atoms. The van der Waals surface area contributed by atoms with Gasteiger partial charge in [-0.05, 0) is 17.9 Å². The first-order valence-electron chi connectivity index (χ1n) is 6.03. The molecule has 1 heteroatoms. The van der Waals surface area contributed by atoms with Gasteiger partial charge >= 0.3 is 0 Å². The summed E-state index contributed by atoms with van der Waals surface area (Å²) in [5.41, 5.74) is 7.71. The molecule has 2 N–H and O–H groups in total. The molecule has 0 saturated carbocycles. The normalized spacial score (nSPS) is 15.3. The fourth-order valence-electron chi connectivity index (χ4n) is 2.49. The predicted octanol–water partition coefficient (Wildman–Crippen LogP) is 3.69. The highest BCUT2D eigenvalue weighted by molar-refractivity contribution is 5.24. The van der Waals surface area contributed by atoms with Gasteiger partial charge in [0.25, 0.3) is 0 Å². The van der Waals surface area contributed by atoms with E-state index in [4.69, 9.17) is 5.73 Å². The summed E-state index contributed by atoms with van der Waals surface area (Å²) < 4.78 is 0. The van der Waals surface area contributed by atoms with Crippen LogP contribution in [0.15, 0.2) is 30.3 Å². The minimum atomic E-state index is -0.148. The molecule has 1 aromatic rings. The minimum Gasteiger partial charge on any atom is -0.321 e. The third-order valence-corrected chi connectivity index (χ3v) is 3.61. The van der Waals surface area contributed by atoms with Crippen LogP contribution >= 0.6 is 0 Å². The highest BCUT2D eigenvalue weighted by Crippen LogP contribution is 2.34. The van der Waals surface area contributed by atoms with Crippen molar-refractivity contribution in [3.05, 3.63) is 35.9 Å². The summed E-state index contributed by atoms with van der Waals surface area (Å²) in [5, 5.41) is 0. The van der Waals surface area contributed by atoms with Crippen LogP contribution in [-0.2, 0) is 5.54 Å². The predicted molar refractivity (Wildman–Crippen MR) is 66.7 cm³/mol. The summed E-state index contributed by atoms with van der Waals surface area (Å²) in [4.78, 5) is 0. The Morgan fingerprint density at radius 1 is 1.07 bits per heavy atom. The van der Waals surface area contributed by atoms with Crippen LogP contribution in [0, 0.1) is 5.92 Å². The van der Waals surface area contributed by atoms with Crippen molar-refractivity contribution in [2.45, 2.75) is 45.6 Å². The maximum Gasteiger partial charge on any atom is 0.0435 e. The quantitative estimate of drug-likeness (QED) is 0.779. The lowest BCUT2D eigenvalue weighted by atomic mass is 9.74. The van der Waals surface area contributed by atoms with Crippen molar-refractivity contribution in [1.82, 2.24) is 0 Å². The molecule has 0 radical (unpaired) electrons. The molecule has 0 amide bonds. The van der Waals surface area contributed by atoms with E-state index < -0.39 is 0 Å². The first-order valence-corrected chi connectivity index (χ1v) is 6.03. The molecular weight excluding hydrogens is 182 g/mol. The van der Waals surface area contributed by atoms with E-state index in [1.807, 2.05) is 6.07 Å². The lowest BCUT2D eigenvalue weighted by molar-refractivity contribution is 0.248. The van der Waals surface area contributed by atoms with Gasteiger partial charge in [-0.2, -0.15) is 0 Å². The van der Waals surface area contributed by atoms with E-state index in [-0.39, 0.29) is 5.54 Å². The average molecular weight is 205 g/mol. The molecule has 1 rings (SSSR count). The van der Waals surface area contributed by atoms with E-state index in [1.54, 1.807) is 0 Å². The number of hydrogen-bond donors (Lipinski definition) is 1. The maximum absolute atomic E-state index is 6.58. The summed E-state index contributed by atoms with van der Waals surface area (Å²) in [6.07, 6.45) is 3.30. The zero-order valence-electron chi connectivity index (χ0n) is 10.2. The molecule has 0 bridgehead atoms. The maximum atomic E-state index is 6.58. The Labute approximate surface area is 93.7 Å². The van der Waals surface area contributed by atoms with E-state index in [9.17, 15) is 0 Å². The van der Waals surface area contributed by atoms with Gasteiger partial charge < -0.3 is 5.73 Å². The van der Waals surface area contributed by atoms with Gasteiger partial charge in [0.15, 0.2) is 0 Å². The van der Waals surface area contributed by atoms with Crippen LogP contribution in [0.2, 0.25) is 0 Å². The summed E-state index contributed by atoms with van der Waals surface area (Å²) in [5.74, 6) is 0.574. The van der Waals surface area contributed by atoms with Gasteiger partial charge in [0, 0.05) is 5.54 Å². The fourth-order valence-corrected chi connectivity index (χ4v) is 2.49. The van der Waals surface area contributed by atoms with Gasteiger partial charge in [0.2, 0.25) is 0 Å². The Morgan fingerprint density at radius 2 is 1.60 bits per heavy atom. The molecule has 0 saturated heterocycles. The third kappa shape index (κ3) is 2.40. The van der Waals surface area contributed by atoms with Gasteiger partial charge in [-0.1, -0.05) is 63.9 Å². The Kier molecular flexibility index (Phi) is 4.34. The van der Waals surface area contributed by atoms with Gasteiger partial charge in [-0.25, -0.2) is 0 Å². The summed E-state index contributed by atoms with van der Waals surface area (Å²) in [7, 11) is 0. The van der Waals surface area contributed by atoms with Crippen molar-refractivity contribution in [2.24, 2.45) is 11.7 Å². The second-order valence-corrected chi connectivity index (χ2v) is 4.27. The van der Waals surface area contributed by atoms with E-state index in [1.165, 1.54) is 5.56 Å². The van der Waals surface area contributed by atoms with E-state index >= 15 is 0 Å². The lowest BCUT2D eigenvalue weighted by Crippen LogP contribution is -2.43. The molecular formula is C14H23N. The van der Waals surface area contributed by atoms with Crippen molar-refractivity contribution in [3.63, 3.8) is 0 Å². The summed E-state index contributed by atoms with van der Waals surface area (Å²) in [6, 6.07) is 10.5. The smallest absolute Gasteiger partial charge is 0.0435 e. The van der Waals surface area contributed by atoms with E-state index in [2.05, 4.69) is 45.0 Å². The van der Waals surface area contributed by atoms with Crippen LogP contribution in [0.4, 0.5) is 0 Å². The largest absolute Gasteiger partial charge is 0.321 e. The highest BCUT2D eigenvalue weighted by atomic mass is 14.8. The van der Waals surface area contributed by atoms with Gasteiger partial charge in [0.05, 0.1) is 0 Å². The Bertz CT molecular complexity index is 277. The molecule has 0 heterocycles. The van der Waals surface area contributed by atoms with Crippen LogP contribution in [0.5, 0.6) is 0 Å². The molecule has 0 aliphatic carbocycles. The van der Waals surface area contributed by atoms with Crippen LogP contribution in [0.3, 0.4) is 0 Å². The van der Waals surface area contributed by atoms with Crippen LogP contribution in [0.1, 0.15) is 45.6 Å². The highest BCUT2D eigenvalue weighted by Gasteiger charge is 2.32. The topological polar surface area (TPSA) is 26.0 Å². The van der Waals surface area contributed by atoms with Crippen molar-refractivity contribution in [2.75, 3.05) is 0 Å². The number of rotatable bonds is 5. The molecule has 1 unspecified atom stereocenters. The van der Waals surface area contributed by atoms with Gasteiger partial charge in [-0.15, -0.1) is 0 Å². The average Bonchev–Trinajstić information content (AvgIpc) is 2.31. The SMILES string of the molecule is CCC(CC)C(N)(CC)c1ccccc1. The van der Waals surface area contributed by atoms with E-state index in [0.717, 1.165) is 19.3 Å². The first-order chi connectivity index (χ1) is 7.19. The van der Waals surface area contributed by atoms with Crippen molar-refractivity contribution >= 4 is 0 Å². The Balaban J connectivity index is 3.04. The molecule has 0 fully saturated rings. The van der Waals surface area contributed by atoms with E-state index in [0.29, 0.717) is 5.92 Å². The van der Waals surface area contributed by atoms with Gasteiger partial charge in [0.1, 0.15) is 0 Å². The lowest BCUT2D eigenvalue weighted by Gasteiger charge is -2.36. The zero-order chi connectivity index (χ0) is 11.3. The molecule has 1 atom stereocenters. The second kappa shape index (κ2) is 5.32. The number of hydrogen-bond acceptors (Lipinski definition) is 1. The molecule has 15 heavy (non-hydrogen) atoms. The fraction of sp³-hybridized carbons (Fsp3) is 0.571. The monoisotopic (exact) mass is 205 g/mol. The molecule has 0 aliphatic rings. The van der Waals surface area contributed by atoms with Crippen LogP contribution in [-0.4, -0.2) is 0 Å². The van der Waals surface area contributed by atoms with Gasteiger partial charge in [-0.3, -0.25) is 0 Å². The second-order valence-electron chi connectivity index (χ2n) is 4.27. The summed E-state index contributed by atoms with van der Waals surface area (Å²) in [6.45, 7) is 6.65. The molecule has 0 aliphatic heterocycles. The standard InChI is InChI=1S/C14H23N/c1-4-12(5-2)14(15,6-3)13-10-8-7-9-11-13/h7-12H,4-6,15H2,1-3H3. The minimum absolute atomic E-state index is 0.148. The molecule has 84 valence electrons. The molecule has 1 aromatic carbocycles. The van der Waals surface area contributed by atoms with Crippen molar-refractivity contribution < 1.29 is 0 Å². The number of benzene rings is 1. The summed E-state index contributed by atoms with van der Waals surface area (Å²) >= 11 is 0. The number of nitrogens with two attached hydrogens (primary N) is 1. The van der Waals surface area contributed by atoms with Crippen LogP contribution in [0.25, 0.3) is 0 Å². The van der Waals surface area contributed by atoms with Crippen molar-refractivity contribution in [3.8, 4) is 0 Å². The Hall–Kier alpha value is -0.820. The van der Waals surface area contributed by atoms with Crippen molar-refractivity contribution in [1.29, 1.82) is 0 Å². The Morgan fingerprint density at radius 3 is 2.00 bits per heavy atom. The molecule has 0 aromatic heterocycles.